The number of nitrogens with zero attached hydrogens (tertiary/aromatic N) is 3. The molecule has 2 heterocycles. The second-order valence-corrected chi connectivity index (χ2v) is 3.73. The average Bonchev–Trinajstić information content (AvgIpc) is 2.53. The highest BCUT2D eigenvalue weighted by Crippen LogP contribution is 2.17. The number of carboxylic acid groups (broad SMARTS) is 1. The van der Waals surface area contributed by atoms with Crippen LogP contribution in [0.5, 0.6) is 0 Å². The lowest BCUT2D eigenvalue weighted by Gasteiger charge is -2.02. The van der Waals surface area contributed by atoms with E-state index in [1.165, 1.54) is 9.25 Å². The maximum atomic E-state index is 11.9. The van der Waals surface area contributed by atoms with Crippen LogP contribution >= 0.6 is 0 Å². The zero-order valence-corrected chi connectivity index (χ0v) is 9.18. The highest BCUT2D eigenvalue weighted by molar-refractivity contribution is 6.01. The van der Waals surface area contributed by atoms with E-state index in [9.17, 15) is 9.59 Å². The number of aromatic nitrogens is 3. The molecule has 0 bridgehead atoms. The third kappa shape index (κ3) is 1.23. The van der Waals surface area contributed by atoms with E-state index in [2.05, 4.69) is 5.10 Å². The first-order valence-corrected chi connectivity index (χ1v) is 4.69. The number of pyridine rings is 1. The van der Waals surface area contributed by atoms with Crippen molar-refractivity contribution >= 4 is 16.9 Å². The predicted octanol–water partition coefficient (Wildman–Crippen LogP) is 0.279. The van der Waals surface area contributed by atoms with Crippen LogP contribution in [0.2, 0.25) is 0 Å². The average molecular weight is 221 g/mol. The van der Waals surface area contributed by atoms with Crippen LogP contribution in [0.3, 0.4) is 0 Å². The lowest BCUT2D eigenvalue weighted by Crippen LogP contribution is -2.18. The Morgan fingerprint density at radius 2 is 2.06 bits per heavy atom. The number of carbonyl (C=O) groups is 1. The van der Waals surface area contributed by atoms with Gasteiger partial charge in [0.15, 0.2) is 5.69 Å². The Bertz CT molecular complexity index is 651. The van der Waals surface area contributed by atoms with Crippen molar-refractivity contribution in [3.63, 3.8) is 0 Å². The molecule has 0 aromatic carbocycles. The van der Waals surface area contributed by atoms with Gasteiger partial charge in [-0.25, -0.2) is 4.79 Å². The third-order valence-corrected chi connectivity index (χ3v) is 2.54. The predicted molar refractivity (Wildman–Crippen MR) is 57.7 cm³/mol. The van der Waals surface area contributed by atoms with Crippen LogP contribution in [-0.2, 0) is 14.1 Å². The van der Waals surface area contributed by atoms with Gasteiger partial charge in [-0.15, -0.1) is 0 Å². The Kier molecular flexibility index (Phi) is 2.08. The fraction of sp³-hybridized carbons (Fsp3) is 0.300. The Balaban J connectivity index is 3.09. The SMILES string of the molecule is Cc1cn(C)c(=O)c2c(C(=O)O)nn(C)c12. The molecule has 0 radical (unpaired) electrons. The van der Waals surface area contributed by atoms with Gasteiger partial charge >= 0.3 is 5.97 Å². The molecule has 6 heteroatoms. The first-order valence-electron chi connectivity index (χ1n) is 4.69. The normalized spacial score (nSPS) is 10.9. The Morgan fingerprint density at radius 3 is 2.62 bits per heavy atom. The molecule has 2 aromatic rings. The van der Waals surface area contributed by atoms with Gasteiger partial charge in [-0.2, -0.15) is 5.10 Å². The van der Waals surface area contributed by atoms with E-state index in [0.29, 0.717) is 5.52 Å². The van der Waals surface area contributed by atoms with Gasteiger partial charge in [-0.1, -0.05) is 0 Å². The van der Waals surface area contributed by atoms with Gasteiger partial charge in [-0.3, -0.25) is 9.48 Å². The summed E-state index contributed by atoms with van der Waals surface area (Å²) in [6.45, 7) is 1.81. The molecule has 0 saturated carbocycles. The summed E-state index contributed by atoms with van der Waals surface area (Å²) in [5.74, 6) is -1.19. The Morgan fingerprint density at radius 1 is 1.44 bits per heavy atom. The first-order chi connectivity index (χ1) is 7.43. The minimum atomic E-state index is -1.19. The quantitative estimate of drug-likeness (QED) is 0.750. The third-order valence-electron chi connectivity index (χ3n) is 2.54. The van der Waals surface area contributed by atoms with Crippen molar-refractivity contribution in [3.8, 4) is 0 Å². The summed E-state index contributed by atoms with van der Waals surface area (Å²) < 4.78 is 2.79. The van der Waals surface area contributed by atoms with E-state index in [0.717, 1.165) is 5.56 Å². The van der Waals surface area contributed by atoms with Gasteiger partial charge in [0.1, 0.15) is 5.39 Å². The van der Waals surface area contributed by atoms with Crippen LogP contribution in [0.15, 0.2) is 11.0 Å². The molecule has 0 unspecified atom stereocenters. The molecule has 1 N–H and O–H groups in total. The van der Waals surface area contributed by atoms with Crippen LogP contribution in [0.4, 0.5) is 0 Å². The number of aryl methyl sites for hydroxylation is 3. The van der Waals surface area contributed by atoms with Crippen molar-refractivity contribution < 1.29 is 9.90 Å². The monoisotopic (exact) mass is 221 g/mol. The van der Waals surface area contributed by atoms with Gasteiger partial charge in [0, 0.05) is 20.3 Å². The summed E-state index contributed by atoms with van der Waals surface area (Å²) in [4.78, 5) is 22.8. The molecule has 0 fully saturated rings. The van der Waals surface area contributed by atoms with Crippen LogP contribution in [0.25, 0.3) is 10.9 Å². The van der Waals surface area contributed by atoms with Gasteiger partial charge < -0.3 is 9.67 Å². The molecule has 0 spiro atoms. The van der Waals surface area contributed by atoms with Crippen molar-refractivity contribution in [1.82, 2.24) is 14.3 Å². The van der Waals surface area contributed by atoms with Crippen LogP contribution in [0.1, 0.15) is 16.1 Å². The number of aromatic carboxylic acids is 1. The lowest BCUT2D eigenvalue weighted by molar-refractivity contribution is 0.0691. The fourth-order valence-corrected chi connectivity index (χ4v) is 1.92. The zero-order chi connectivity index (χ0) is 12.0. The summed E-state index contributed by atoms with van der Waals surface area (Å²) in [6.07, 6.45) is 1.66. The zero-order valence-electron chi connectivity index (χ0n) is 9.18. The molecule has 84 valence electrons. The second kappa shape index (κ2) is 3.19. The van der Waals surface area contributed by atoms with E-state index in [1.807, 2.05) is 6.92 Å². The molecular weight excluding hydrogens is 210 g/mol. The number of fused-ring (bicyclic) bond motifs is 1. The molecule has 0 aliphatic rings. The van der Waals surface area contributed by atoms with Crippen molar-refractivity contribution in [2.75, 3.05) is 0 Å². The highest BCUT2D eigenvalue weighted by atomic mass is 16.4. The van der Waals surface area contributed by atoms with E-state index >= 15 is 0 Å². The molecule has 6 nitrogen and oxygen atoms in total. The van der Waals surface area contributed by atoms with E-state index in [1.54, 1.807) is 20.3 Å². The fourth-order valence-electron chi connectivity index (χ4n) is 1.92. The van der Waals surface area contributed by atoms with Gasteiger partial charge in [-0.05, 0) is 12.5 Å². The molecule has 0 amide bonds. The first kappa shape index (κ1) is 10.4. The van der Waals surface area contributed by atoms with Crippen LogP contribution in [0, 0.1) is 6.92 Å². The topological polar surface area (TPSA) is 77.1 Å². The van der Waals surface area contributed by atoms with Crippen molar-refractivity contribution in [2.45, 2.75) is 6.92 Å². The Hall–Kier alpha value is -2.11. The molecule has 0 aliphatic heterocycles. The molecule has 0 aliphatic carbocycles. The highest BCUT2D eigenvalue weighted by Gasteiger charge is 2.20. The summed E-state index contributed by atoms with van der Waals surface area (Å²) in [6, 6.07) is 0. The molecule has 16 heavy (non-hydrogen) atoms. The van der Waals surface area contributed by atoms with Crippen molar-refractivity contribution in [3.05, 3.63) is 27.8 Å². The molecule has 0 saturated heterocycles. The Labute approximate surface area is 90.7 Å². The maximum absolute atomic E-state index is 11.9. The number of rotatable bonds is 1. The van der Waals surface area contributed by atoms with Gasteiger partial charge in [0.2, 0.25) is 0 Å². The minimum Gasteiger partial charge on any atom is -0.476 e. The molecule has 0 atom stereocenters. The lowest BCUT2D eigenvalue weighted by atomic mass is 10.2. The molecular formula is C10H11N3O3. The van der Waals surface area contributed by atoms with E-state index in [4.69, 9.17) is 5.11 Å². The number of hydrogen-bond acceptors (Lipinski definition) is 3. The number of hydrogen-bond donors (Lipinski definition) is 1. The smallest absolute Gasteiger partial charge is 0.357 e. The summed E-state index contributed by atoms with van der Waals surface area (Å²) in [5.41, 5.74) is 0.855. The summed E-state index contributed by atoms with van der Waals surface area (Å²) in [7, 11) is 3.22. The van der Waals surface area contributed by atoms with Crippen molar-refractivity contribution in [2.24, 2.45) is 14.1 Å². The van der Waals surface area contributed by atoms with Crippen LogP contribution in [-0.4, -0.2) is 25.4 Å². The second-order valence-electron chi connectivity index (χ2n) is 3.73. The summed E-state index contributed by atoms with van der Waals surface area (Å²) in [5, 5.41) is 13.0. The summed E-state index contributed by atoms with van der Waals surface area (Å²) >= 11 is 0. The van der Waals surface area contributed by atoms with Crippen LogP contribution < -0.4 is 5.56 Å². The van der Waals surface area contributed by atoms with E-state index < -0.39 is 5.97 Å². The largest absolute Gasteiger partial charge is 0.476 e. The van der Waals surface area contributed by atoms with Gasteiger partial charge in [0.25, 0.3) is 5.56 Å². The number of carboxylic acids is 1. The molecule has 2 aromatic heterocycles. The molecule has 2 rings (SSSR count). The standard InChI is InChI=1S/C10H11N3O3/c1-5-4-12(2)9(14)6-7(10(15)16)11-13(3)8(5)6/h4H,1-3H3,(H,15,16). The van der Waals surface area contributed by atoms with E-state index in [-0.39, 0.29) is 16.6 Å². The minimum absolute atomic E-state index is 0.164. The van der Waals surface area contributed by atoms with Crippen molar-refractivity contribution in [1.29, 1.82) is 0 Å². The van der Waals surface area contributed by atoms with Gasteiger partial charge in [0.05, 0.1) is 5.52 Å². The maximum Gasteiger partial charge on any atom is 0.357 e.